The lowest BCUT2D eigenvalue weighted by Gasteiger charge is -2.43. The predicted octanol–water partition coefficient (Wildman–Crippen LogP) is 1.60. The van der Waals surface area contributed by atoms with Crippen molar-refractivity contribution >= 4 is 0 Å². The van der Waals surface area contributed by atoms with Gasteiger partial charge in [0.15, 0.2) is 0 Å². The van der Waals surface area contributed by atoms with Crippen molar-refractivity contribution in [3.8, 4) is 0 Å². The molecule has 76 valence electrons. The van der Waals surface area contributed by atoms with E-state index in [2.05, 4.69) is 4.90 Å². The normalized spacial score (nSPS) is 37.4. The van der Waals surface area contributed by atoms with Crippen molar-refractivity contribution in [3.63, 3.8) is 0 Å². The summed E-state index contributed by atoms with van der Waals surface area (Å²) in [5, 5.41) is 0. The molecule has 1 aliphatic heterocycles. The number of hydrogen-bond acceptors (Lipinski definition) is 2. The lowest BCUT2D eigenvalue weighted by molar-refractivity contribution is -0.0137. The van der Waals surface area contributed by atoms with Gasteiger partial charge in [-0.3, -0.25) is 4.90 Å². The number of halogens is 1. The minimum absolute atomic E-state index is 0.457. The fraction of sp³-hybridized carbons (Fsp3) is 1.00. The Bertz CT molecular complexity index is 162. The van der Waals surface area contributed by atoms with Gasteiger partial charge in [0.25, 0.3) is 0 Å². The van der Waals surface area contributed by atoms with E-state index in [9.17, 15) is 4.39 Å². The molecular weight excluding hydrogens is 169 g/mol. The summed E-state index contributed by atoms with van der Waals surface area (Å²) in [6, 6.07) is 0.637. The number of ether oxygens (including phenoxy) is 1. The highest BCUT2D eigenvalue weighted by Crippen LogP contribution is 2.28. The molecule has 1 heterocycles. The lowest BCUT2D eigenvalue weighted by Crippen LogP contribution is -2.54. The molecule has 0 radical (unpaired) electrons. The fourth-order valence-electron chi connectivity index (χ4n) is 2.40. The molecule has 0 aromatic rings. The highest BCUT2D eigenvalue weighted by atomic mass is 19.1. The monoisotopic (exact) mass is 187 g/mol. The van der Waals surface area contributed by atoms with Crippen LogP contribution in [0.1, 0.15) is 25.7 Å². The van der Waals surface area contributed by atoms with E-state index in [1.807, 2.05) is 0 Å². The maximum absolute atomic E-state index is 12.6. The maximum Gasteiger partial charge on any atom is 0.125 e. The van der Waals surface area contributed by atoms with Crippen molar-refractivity contribution in [3.05, 3.63) is 0 Å². The van der Waals surface area contributed by atoms with Gasteiger partial charge in [0.2, 0.25) is 0 Å². The first-order valence-electron chi connectivity index (χ1n) is 5.20. The van der Waals surface area contributed by atoms with Gasteiger partial charge in [-0.05, 0) is 25.7 Å². The number of likely N-dealkylation sites (tertiary alicyclic amines) is 1. The van der Waals surface area contributed by atoms with E-state index in [-0.39, 0.29) is 0 Å². The summed E-state index contributed by atoms with van der Waals surface area (Å²) in [7, 11) is 1.78. The van der Waals surface area contributed by atoms with Gasteiger partial charge in [0.05, 0.1) is 6.10 Å². The Morgan fingerprint density at radius 2 is 1.77 bits per heavy atom. The molecule has 2 fully saturated rings. The van der Waals surface area contributed by atoms with Gasteiger partial charge in [-0.15, -0.1) is 0 Å². The molecule has 2 rings (SSSR count). The molecule has 3 heteroatoms. The summed E-state index contributed by atoms with van der Waals surface area (Å²) in [5.41, 5.74) is 0. The van der Waals surface area contributed by atoms with Crippen LogP contribution in [0.3, 0.4) is 0 Å². The SMILES string of the molecule is COC1CCC(N2CC(F)C2)CC1. The van der Waals surface area contributed by atoms with Crippen molar-refractivity contribution < 1.29 is 9.13 Å². The Morgan fingerprint density at radius 3 is 2.23 bits per heavy atom. The standard InChI is InChI=1S/C10H18FNO/c1-13-10-4-2-9(3-5-10)12-6-8(11)7-12/h8-10H,2-7H2,1H3. The molecule has 13 heavy (non-hydrogen) atoms. The number of hydrogen-bond donors (Lipinski definition) is 0. The second-order valence-corrected chi connectivity index (χ2v) is 4.22. The van der Waals surface area contributed by atoms with Crippen LogP contribution in [-0.2, 0) is 4.74 Å². The van der Waals surface area contributed by atoms with Crippen LogP contribution in [-0.4, -0.2) is 43.4 Å². The van der Waals surface area contributed by atoms with Crippen LogP contribution >= 0.6 is 0 Å². The van der Waals surface area contributed by atoms with Crippen molar-refractivity contribution in [1.82, 2.24) is 4.90 Å². The first kappa shape index (κ1) is 9.41. The third kappa shape index (κ3) is 2.02. The fourth-order valence-corrected chi connectivity index (χ4v) is 2.40. The van der Waals surface area contributed by atoms with Crippen LogP contribution in [0.25, 0.3) is 0 Å². The Hall–Kier alpha value is -0.150. The average Bonchev–Trinajstić information content (AvgIpc) is 2.13. The second-order valence-electron chi connectivity index (χ2n) is 4.22. The van der Waals surface area contributed by atoms with E-state index in [0.717, 1.165) is 12.8 Å². The van der Waals surface area contributed by atoms with Gasteiger partial charge in [-0.1, -0.05) is 0 Å². The third-order valence-corrected chi connectivity index (χ3v) is 3.36. The number of nitrogens with zero attached hydrogens (tertiary/aromatic N) is 1. The summed E-state index contributed by atoms with van der Waals surface area (Å²) in [6.45, 7) is 1.34. The van der Waals surface area contributed by atoms with Gasteiger partial charge in [0.1, 0.15) is 6.17 Å². The molecule has 1 aliphatic carbocycles. The Balaban J connectivity index is 1.72. The summed E-state index contributed by atoms with van der Waals surface area (Å²) in [5.74, 6) is 0. The Labute approximate surface area is 79.1 Å². The van der Waals surface area contributed by atoms with Crippen LogP contribution < -0.4 is 0 Å². The second kappa shape index (κ2) is 3.93. The topological polar surface area (TPSA) is 12.5 Å². The van der Waals surface area contributed by atoms with E-state index >= 15 is 0 Å². The molecule has 2 nitrogen and oxygen atoms in total. The molecule has 0 aromatic carbocycles. The van der Waals surface area contributed by atoms with Crippen LogP contribution in [0.5, 0.6) is 0 Å². The molecule has 2 aliphatic rings. The van der Waals surface area contributed by atoms with Gasteiger partial charge in [-0.25, -0.2) is 4.39 Å². The minimum atomic E-state index is -0.555. The van der Waals surface area contributed by atoms with Crippen molar-refractivity contribution in [2.75, 3.05) is 20.2 Å². The molecule has 1 saturated carbocycles. The highest BCUT2D eigenvalue weighted by Gasteiger charge is 2.34. The van der Waals surface area contributed by atoms with Crippen molar-refractivity contribution in [1.29, 1.82) is 0 Å². The van der Waals surface area contributed by atoms with Gasteiger partial charge < -0.3 is 4.74 Å². The van der Waals surface area contributed by atoms with Gasteiger partial charge >= 0.3 is 0 Å². The summed E-state index contributed by atoms with van der Waals surface area (Å²) >= 11 is 0. The van der Waals surface area contributed by atoms with Crippen molar-refractivity contribution in [2.24, 2.45) is 0 Å². The van der Waals surface area contributed by atoms with Gasteiger partial charge in [0, 0.05) is 26.2 Å². The molecule has 0 aromatic heterocycles. The minimum Gasteiger partial charge on any atom is -0.381 e. The van der Waals surface area contributed by atoms with E-state index in [4.69, 9.17) is 4.74 Å². The summed E-state index contributed by atoms with van der Waals surface area (Å²) in [6.07, 6.45) is 4.57. The van der Waals surface area contributed by atoms with Crippen LogP contribution in [0, 0.1) is 0 Å². The summed E-state index contributed by atoms with van der Waals surface area (Å²) < 4.78 is 17.9. The third-order valence-electron chi connectivity index (χ3n) is 3.36. The summed E-state index contributed by atoms with van der Waals surface area (Å²) in [4.78, 5) is 2.27. The molecule has 0 spiro atoms. The zero-order chi connectivity index (χ0) is 9.26. The van der Waals surface area contributed by atoms with Crippen LogP contribution in [0.2, 0.25) is 0 Å². The average molecular weight is 187 g/mol. The number of alkyl halides is 1. The number of methoxy groups -OCH3 is 1. The molecule has 0 atom stereocenters. The smallest absolute Gasteiger partial charge is 0.125 e. The largest absolute Gasteiger partial charge is 0.381 e. The molecule has 0 unspecified atom stereocenters. The molecular formula is C10H18FNO. The van der Waals surface area contributed by atoms with Gasteiger partial charge in [-0.2, -0.15) is 0 Å². The Morgan fingerprint density at radius 1 is 1.15 bits per heavy atom. The van der Waals surface area contributed by atoms with Crippen LogP contribution in [0.4, 0.5) is 4.39 Å². The zero-order valence-corrected chi connectivity index (χ0v) is 8.21. The van der Waals surface area contributed by atoms with Crippen molar-refractivity contribution in [2.45, 2.75) is 44.0 Å². The van der Waals surface area contributed by atoms with E-state index in [1.54, 1.807) is 7.11 Å². The predicted molar refractivity (Wildman–Crippen MR) is 49.5 cm³/mol. The molecule has 0 N–H and O–H groups in total. The quantitative estimate of drug-likeness (QED) is 0.651. The molecule has 0 bridgehead atoms. The van der Waals surface area contributed by atoms with E-state index in [0.29, 0.717) is 25.2 Å². The first-order chi connectivity index (χ1) is 6.29. The number of rotatable bonds is 2. The highest BCUT2D eigenvalue weighted by molar-refractivity contribution is 4.88. The zero-order valence-electron chi connectivity index (χ0n) is 8.21. The Kier molecular flexibility index (Phi) is 2.84. The molecule has 0 amide bonds. The van der Waals surface area contributed by atoms with Crippen LogP contribution in [0.15, 0.2) is 0 Å². The lowest BCUT2D eigenvalue weighted by atomic mass is 9.90. The van der Waals surface area contributed by atoms with E-state index < -0.39 is 6.17 Å². The molecule has 1 saturated heterocycles. The maximum atomic E-state index is 12.6. The van der Waals surface area contributed by atoms with E-state index in [1.165, 1.54) is 12.8 Å². The first-order valence-corrected chi connectivity index (χ1v) is 5.20.